The van der Waals surface area contributed by atoms with Gasteiger partial charge in [0.2, 0.25) is 12.5 Å². The monoisotopic (exact) mass is 525 g/mol. The second kappa shape index (κ2) is 9.30. The van der Waals surface area contributed by atoms with Gasteiger partial charge in [-0.2, -0.15) is 0 Å². The van der Waals surface area contributed by atoms with Gasteiger partial charge in [0.25, 0.3) is 0 Å². The minimum absolute atomic E-state index is 0.0604. The molecule has 0 aliphatic carbocycles. The molecule has 0 saturated carbocycles. The molecule has 31 heavy (non-hydrogen) atoms. The van der Waals surface area contributed by atoms with E-state index in [1.165, 1.54) is 0 Å². The fourth-order valence-corrected chi connectivity index (χ4v) is 4.06. The summed E-state index contributed by atoms with van der Waals surface area (Å²) in [6, 6.07) is 25.0. The Kier molecular flexibility index (Phi) is 6.31. The normalized spacial score (nSPS) is 11.9. The third-order valence-electron chi connectivity index (χ3n) is 5.21. The van der Waals surface area contributed by atoms with Crippen molar-refractivity contribution in [3.63, 3.8) is 0 Å². The van der Waals surface area contributed by atoms with Crippen molar-refractivity contribution in [1.29, 1.82) is 0 Å². The molecule has 0 aliphatic rings. The fourth-order valence-electron chi connectivity index (χ4n) is 3.87. The van der Waals surface area contributed by atoms with Crippen molar-refractivity contribution in [3.05, 3.63) is 100 Å². The number of para-hydroxylation sites is 1. The molecule has 0 radical (unpaired) electrons. The van der Waals surface area contributed by atoms with Crippen LogP contribution in [0.2, 0.25) is 0 Å². The first-order chi connectivity index (χ1) is 15.1. The number of hydrogen-bond donors (Lipinski definition) is 2. The Balaban J connectivity index is 1.86. The molecule has 3 aromatic carbocycles. The molecule has 0 aliphatic heterocycles. The third kappa shape index (κ3) is 4.61. The zero-order valence-corrected chi connectivity index (χ0v) is 18.7. The topological polar surface area (TPSA) is 88.0 Å². The first-order valence-corrected chi connectivity index (χ1v) is 11.3. The smallest absolute Gasteiger partial charge is 0.234 e. The quantitative estimate of drug-likeness (QED) is 0.142. The van der Waals surface area contributed by atoms with Gasteiger partial charge in [0.1, 0.15) is 0 Å². The highest BCUT2D eigenvalue weighted by Gasteiger charge is 2.27. The predicted molar refractivity (Wildman–Crippen MR) is 131 cm³/mol. The van der Waals surface area contributed by atoms with Crippen LogP contribution in [0.1, 0.15) is 17.0 Å². The molecule has 1 heterocycles. The minimum Gasteiger partial charge on any atom is -0.354 e. The lowest BCUT2D eigenvalue weighted by molar-refractivity contribution is -0.481. The van der Waals surface area contributed by atoms with Crippen LogP contribution in [-0.4, -0.2) is 26.8 Å². The van der Waals surface area contributed by atoms with E-state index < -0.39 is 5.92 Å². The number of benzene rings is 3. The number of nitrogens with zero attached hydrogens (tertiary/aromatic N) is 1. The lowest BCUT2D eigenvalue weighted by Gasteiger charge is -2.16. The van der Waals surface area contributed by atoms with Crippen molar-refractivity contribution in [2.24, 2.45) is 0 Å². The molecule has 1 amide bonds. The Labute approximate surface area is 193 Å². The molecule has 1 aromatic heterocycles. The lowest BCUT2D eigenvalue weighted by atomic mass is 9.87. The van der Waals surface area contributed by atoms with Crippen molar-refractivity contribution in [2.45, 2.75) is 5.92 Å². The average molecular weight is 525 g/mol. The van der Waals surface area contributed by atoms with Crippen LogP contribution in [0.3, 0.4) is 0 Å². The number of carbonyl (C=O) groups is 1. The number of anilines is 1. The summed E-state index contributed by atoms with van der Waals surface area (Å²) < 4.78 is 0.380. The number of aromatic amines is 1. The summed E-state index contributed by atoms with van der Waals surface area (Å²) in [5, 5.41) is 15.4. The Morgan fingerprint density at radius 2 is 1.68 bits per heavy atom. The maximum atomic E-state index is 11.7. The molecule has 0 bridgehead atoms. The van der Waals surface area contributed by atoms with Gasteiger partial charge >= 0.3 is 0 Å². The number of hydrogen-bond acceptors (Lipinski definition) is 3. The molecule has 0 spiro atoms. The van der Waals surface area contributed by atoms with Crippen LogP contribution in [0.4, 0.5) is 5.69 Å². The van der Waals surface area contributed by atoms with Gasteiger partial charge in [-0.15, -0.1) is 0 Å². The number of nitrogens with one attached hydrogen (secondary N) is 2. The first kappa shape index (κ1) is 21.0. The SMILES string of the molecule is O=C(CI)Nc1ccc(-c2[nH]c3ccccc3c2C(C[N+](=O)[O-])c2ccccc2)cc1. The number of carbonyl (C=O) groups excluding carboxylic acids is 1. The zero-order chi connectivity index (χ0) is 21.8. The van der Waals surface area contributed by atoms with Gasteiger partial charge in [-0.1, -0.05) is 83.3 Å². The molecule has 2 N–H and O–H groups in total. The summed E-state index contributed by atoms with van der Waals surface area (Å²) in [6.07, 6.45) is 0. The summed E-state index contributed by atoms with van der Waals surface area (Å²) >= 11 is 2.02. The van der Waals surface area contributed by atoms with E-state index in [0.717, 1.165) is 33.3 Å². The van der Waals surface area contributed by atoms with Crippen molar-refractivity contribution < 1.29 is 9.72 Å². The van der Waals surface area contributed by atoms with E-state index >= 15 is 0 Å². The molecule has 7 heteroatoms. The Morgan fingerprint density at radius 1 is 1.00 bits per heavy atom. The molecule has 1 unspecified atom stereocenters. The second-order valence-corrected chi connectivity index (χ2v) is 7.96. The van der Waals surface area contributed by atoms with E-state index in [1.54, 1.807) is 0 Å². The number of alkyl halides is 1. The van der Waals surface area contributed by atoms with Crippen LogP contribution in [0.5, 0.6) is 0 Å². The highest BCUT2D eigenvalue weighted by molar-refractivity contribution is 14.1. The van der Waals surface area contributed by atoms with Crippen LogP contribution in [-0.2, 0) is 4.79 Å². The largest absolute Gasteiger partial charge is 0.354 e. The maximum absolute atomic E-state index is 11.7. The molecule has 4 rings (SSSR count). The molecule has 6 nitrogen and oxygen atoms in total. The van der Waals surface area contributed by atoms with E-state index in [-0.39, 0.29) is 17.4 Å². The number of aromatic nitrogens is 1. The van der Waals surface area contributed by atoms with Gasteiger partial charge < -0.3 is 10.3 Å². The van der Waals surface area contributed by atoms with Crippen molar-refractivity contribution >= 4 is 45.1 Å². The minimum atomic E-state index is -0.402. The highest BCUT2D eigenvalue weighted by atomic mass is 127. The van der Waals surface area contributed by atoms with Gasteiger partial charge in [0.15, 0.2) is 0 Å². The van der Waals surface area contributed by atoms with Crippen LogP contribution in [0, 0.1) is 10.1 Å². The van der Waals surface area contributed by atoms with E-state index in [0.29, 0.717) is 10.1 Å². The van der Waals surface area contributed by atoms with E-state index in [4.69, 9.17) is 0 Å². The zero-order valence-electron chi connectivity index (χ0n) is 16.5. The van der Waals surface area contributed by atoms with Crippen molar-refractivity contribution in [1.82, 2.24) is 4.98 Å². The van der Waals surface area contributed by atoms with Gasteiger partial charge in [-0.3, -0.25) is 14.9 Å². The molecule has 1 atom stereocenters. The van der Waals surface area contributed by atoms with E-state index in [1.807, 2.05) is 101 Å². The second-order valence-electron chi connectivity index (χ2n) is 7.20. The van der Waals surface area contributed by atoms with Crippen LogP contribution < -0.4 is 5.32 Å². The summed E-state index contributed by atoms with van der Waals surface area (Å²) in [6.45, 7) is -0.206. The van der Waals surface area contributed by atoms with E-state index in [2.05, 4.69) is 10.3 Å². The summed E-state index contributed by atoms with van der Waals surface area (Å²) in [4.78, 5) is 26.5. The Hall–Kier alpha value is -3.20. The van der Waals surface area contributed by atoms with Crippen LogP contribution >= 0.6 is 22.6 Å². The first-order valence-electron chi connectivity index (χ1n) is 9.80. The van der Waals surface area contributed by atoms with Crippen molar-refractivity contribution in [3.8, 4) is 11.3 Å². The average Bonchev–Trinajstić information content (AvgIpc) is 3.17. The number of H-pyrrole nitrogens is 1. The molecule has 0 saturated heterocycles. The summed E-state index contributed by atoms with van der Waals surface area (Å²) in [7, 11) is 0. The number of fused-ring (bicyclic) bond motifs is 1. The molecule has 0 fully saturated rings. The number of nitro groups is 1. The summed E-state index contributed by atoms with van der Waals surface area (Å²) in [5.41, 5.74) is 5.21. The van der Waals surface area contributed by atoms with Gasteiger partial charge in [-0.05, 0) is 34.9 Å². The fraction of sp³-hybridized carbons (Fsp3) is 0.125. The standard InChI is InChI=1S/C24H20IN3O3/c25-14-22(29)26-18-12-10-17(11-13-18)24-23(19-8-4-5-9-21(19)27-24)20(15-28(30)31)16-6-2-1-3-7-16/h1-13,20,27H,14-15H2,(H,26,29). The van der Waals surface area contributed by atoms with E-state index in [9.17, 15) is 14.9 Å². The highest BCUT2D eigenvalue weighted by Crippen LogP contribution is 2.39. The van der Waals surface area contributed by atoms with Gasteiger partial charge in [0.05, 0.1) is 16.0 Å². The predicted octanol–water partition coefficient (Wildman–Crippen LogP) is 5.62. The molecule has 4 aromatic rings. The van der Waals surface area contributed by atoms with Crippen LogP contribution in [0.25, 0.3) is 22.2 Å². The number of halogens is 1. The van der Waals surface area contributed by atoms with Crippen molar-refractivity contribution in [2.75, 3.05) is 16.3 Å². The number of amides is 1. The molecular weight excluding hydrogens is 505 g/mol. The molecule has 156 valence electrons. The Bertz CT molecular complexity index is 1220. The molecular formula is C24H20IN3O3. The lowest BCUT2D eigenvalue weighted by Crippen LogP contribution is -2.14. The van der Waals surface area contributed by atoms with Gasteiger partial charge in [-0.25, -0.2) is 0 Å². The Morgan fingerprint density at radius 3 is 2.35 bits per heavy atom. The van der Waals surface area contributed by atoms with Gasteiger partial charge in [0, 0.05) is 21.5 Å². The number of rotatable bonds is 7. The summed E-state index contributed by atoms with van der Waals surface area (Å²) in [5.74, 6) is -0.462. The third-order valence-corrected chi connectivity index (χ3v) is 5.90. The van der Waals surface area contributed by atoms with Crippen LogP contribution in [0.15, 0.2) is 78.9 Å². The maximum Gasteiger partial charge on any atom is 0.234 e.